The minimum absolute atomic E-state index is 0. The van der Waals surface area contributed by atoms with E-state index in [-0.39, 0.29) is 98.4 Å². The summed E-state index contributed by atoms with van der Waals surface area (Å²) < 4.78 is 0. The fourth-order valence-electron chi connectivity index (χ4n) is 0. The second kappa shape index (κ2) is 82.3. The van der Waals surface area contributed by atoms with Crippen LogP contribution in [0.15, 0.2) is 0 Å². The van der Waals surface area contributed by atoms with Gasteiger partial charge in [-0.2, -0.15) is 0 Å². The number of rotatable bonds is 0. The fourth-order valence-corrected chi connectivity index (χ4v) is 0. The smallest absolute Gasteiger partial charge is 0.870 e. The Balaban J connectivity index is 0. The van der Waals surface area contributed by atoms with E-state index < -0.39 is 0 Å². The van der Waals surface area contributed by atoms with Crippen molar-refractivity contribution in [3.8, 4) is 0 Å². The summed E-state index contributed by atoms with van der Waals surface area (Å²) in [4.78, 5) is 0. The Hall–Kier alpha value is 2.33. The van der Waals surface area contributed by atoms with Crippen LogP contribution in [0.1, 0.15) is 0 Å². The summed E-state index contributed by atoms with van der Waals surface area (Å²) in [5.41, 5.74) is 0. The van der Waals surface area contributed by atoms with Gasteiger partial charge in [0.05, 0.1) is 0 Å². The van der Waals surface area contributed by atoms with Crippen molar-refractivity contribution >= 4 is 37.7 Å². The van der Waals surface area contributed by atoms with E-state index in [1.54, 1.807) is 0 Å². The molecule has 0 rings (SSSR count). The van der Waals surface area contributed by atoms with Crippen LogP contribution in [-0.2, 0) is 38.8 Å². The van der Waals surface area contributed by atoms with Crippen molar-refractivity contribution in [2.75, 3.05) is 0 Å². The van der Waals surface area contributed by atoms with E-state index in [4.69, 9.17) is 0 Å². The molecule has 0 aromatic heterocycles. The first-order chi connectivity index (χ1) is 0. The largest absolute Gasteiger partial charge is 2.00 e. The summed E-state index contributed by atoms with van der Waals surface area (Å²) in [5.74, 6) is 0. The molecular weight excluding hydrogens is 208 g/mol. The molecule has 0 bridgehead atoms. The number of hydrogen-bond acceptors (Lipinski definition) is 4. The first-order valence-electron chi connectivity index (χ1n) is 0. The predicted octanol–water partition coefficient (Wildman–Crippen LogP) is -1.09. The molecule has 4 N–H and O–H groups in total. The van der Waals surface area contributed by atoms with Gasteiger partial charge in [-0.15, -0.1) is 0 Å². The predicted molar refractivity (Wildman–Crippen MR) is 13.5 cm³/mol. The van der Waals surface area contributed by atoms with Crippen LogP contribution in [0, 0.1) is 0 Å². The van der Waals surface area contributed by atoms with Crippen LogP contribution < -0.4 is 0 Å². The molecule has 7 heteroatoms. The van der Waals surface area contributed by atoms with Crippen LogP contribution in [-0.4, -0.2) is 59.6 Å². The van der Waals surface area contributed by atoms with Gasteiger partial charge in [0.1, 0.15) is 0 Å². The van der Waals surface area contributed by atoms with E-state index in [2.05, 4.69) is 0 Å². The topological polar surface area (TPSA) is 120 Å². The monoisotopic (exact) mass is 212 g/mol. The van der Waals surface area contributed by atoms with Crippen LogP contribution in [0.3, 0.4) is 0 Å². The minimum atomic E-state index is 0. The zero-order valence-corrected chi connectivity index (χ0v) is 8.22. The third-order valence-corrected chi connectivity index (χ3v) is 0. The molecule has 0 aromatic carbocycles. The van der Waals surface area contributed by atoms with Gasteiger partial charge < -0.3 is 21.9 Å². The maximum Gasteiger partial charge on any atom is 2.00 e. The van der Waals surface area contributed by atoms with E-state index in [1.165, 1.54) is 0 Å². The van der Waals surface area contributed by atoms with E-state index in [0.717, 1.165) is 0 Å². The molecule has 0 atom stereocenters. The molecule has 0 fully saturated rings. The molecule has 0 heterocycles. The summed E-state index contributed by atoms with van der Waals surface area (Å²) in [5, 5.41) is 0. The van der Waals surface area contributed by atoms with Gasteiger partial charge in [0.15, 0.2) is 0 Å². The second-order valence-electron chi connectivity index (χ2n) is 0. The molecule has 7 heavy (non-hydrogen) atoms. The van der Waals surface area contributed by atoms with Gasteiger partial charge >= 0.3 is 54.8 Å². The summed E-state index contributed by atoms with van der Waals surface area (Å²) in [6, 6.07) is 0. The van der Waals surface area contributed by atoms with Crippen LogP contribution in [0.25, 0.3) is 0 Å². The molecule has 0 aliphatic carbocycles. The third kappa shape index (κ3) is 61.4. The van der Waals surface area contributed by atoms with Crippen molar-refractivity contribution in [2.45, 2.75) is 0 Å². The van der Waals surface area contributed by atoms with Crippen LogP contribution in [0.4, 0.5) is 0 Å². The molecular formula is H4CaFeO4Ti. The molecule has 0 aromatic rings. The Morgan fingerprint density at radius 1 is 0.571 bits per heavy atom. The zero-order chi connectivity index (χ0) is 0. The van der Waals surface area contributed by atoms with E-state index in [0.29, 0.717) is 0 Å². The molecule has 0 saturated carbocycles. The van der Waals surface area contributed by atoms with Crippen molar-refractivity contribution in [2.24, 2.45) is 0 Å². The Labute approximate surface area is 97.0 Å². The molecule has 0 unspecified atom stereocenters. The van der Waals surface area contributed by atoms with Gasteiger partial charge in [0.25, 0.3) is 0 Å². The van der Waals surface area contributed by atoms with Crippen LogP contribution >= 0.6 is 0 Å². The minimum Gasteiger partial charge on any atom is -0.870 e. The maximum atomic E-state index is 0. The Kier molecular flexibility index (Phi) is 1400. The average Bonchev–Trinajstić information content (AvgIpc) is 0. The number of hydrogen-bond donors (Lipinski definition) is 0. The van der Waals surface area contributed by atoms with Crippen molar-refractivity contribution < 1.29 is 60.7 Å². The normalized spacial score (nSPS) is 0. The van der Waals surface area contributed by atoms with Gasteiger partial charge in [-0.1, -0.05) is 0 Å². The summed E-state index contributed by atoms with van der Waals surface area (Å²) >= 11 is 0. The first kappa shape index (κ1) is 119. The SMILES string of the molecule is [Ca+2].[Fe+2].[OH-].[OH-].[OH-].[OH-].[Ti]. The molecule has 0 aliphatic heterocycles. The fraction of sp³-hybridized carbons (Fsp3) is 0. The van der Waals surface area contributed by atoms with Crippen LogP contribution in [0.2, 0.25) is 0 Å². The molecule has 0 saturated heterocycles. The molecule has 4 nitrogen and oxygen atoms in total. The van der Waals surface area contributed by atoms with E-state index >= 15 is 0 Å². The molecule has 0 spiro atoms. The second-order valence-corrected chi connectivity index (χ2v) is 0. The summed E-state index contributed by atoms with van der Waals surface area (Å²) in [6.07, 6.45) is 0. The summed E-state index contributed by atoms with van der Waals surface area (Å²) in [7, 11) is 0. The van der Waals surface area contributed by atoms with Gasteiger partial charge in [-0.05, 0) is 0 Å². The van der Waals surface area contributed by atoms with Gasteiger partial charge in [-0.25, -0.2) is 0 Å². The standard InChI is InChI=1S/Ca.Fe.4H2O.Ti/h;;4*1H2;/q2*+2;;;;;/p-4. The third-order valence-electron chi connectivity index (χ3n) is 0. The van der Waals surface area contributed by atoms with E-state index in [9.17, 15) is 0 Å². The quantitative estimate of drug-likeness (QED) is 0.473. The maximum absolute atomic E-state index is 0. The summed E-state index contributed by atoms with van der Waals surface area (Å²) in [6.45, 7) is 0. The van der Waals surface area contributed by atoms with Crippen molar-refractivity contribution in [3.05, 3.63) is 0 Å². The molecule has 42 valence electrons. The Morgan fingerprint density at radius 3 is 0.571 bits per heavy atom. The van der Waals surface area contributed by atoms with Crippen molar-refractivity contribution in [1.82, 2.24) is 0 Å². The van der Waals surface area contributed by atoms with Gasteiger partial charge in [0.2, 0.25) is 0 Å². The van der Waals surface area contributed by atoms with E-state index in [1.807, 2.05) is 0 Å². The van der Waals surface area contributed by atoms with Crippen molar-refractivity contribution in [3.63, 3.8) is 0 Å². The Bertz CT molecular complexity index is 11.7. The van der Waals surface area contributed by atoms with Gasteiger partial charge in [0, 0.05) is 21.7 Å². The first-order valence-corrected chi connectivity index (χ1v) is 0. The molecule has 0 radical (unpaired) electrons. The molecule has 0 amide bonds. The zero-order valence-electron chi connectivity index (χ0n) is 3.35. The Morgan fingerprint density at radius 2 is 0.571 bits per heavy atom. The average molecular weight is 212 g/mol. The van der Waals surface area contributed by atoms with Crippen LogP contribution in [0.5, 0.6) is 0 Å². The van der Waals surface area contributed by atoms with Crippen molar-refractivity contribution in [1.29, 1.82) is 0 Å². The van der Waals surface area contributed by atoms with Gasteiger partial charge in [-0.3, -0.25) is 0 Å². The molecule has 0 aliphatic rings.